The molecule has 1 aliphatic heterocycles. The molecule has 8 heteroatoms. The number of rotatable bonds is 8. The maximum absolute atomic E-state index is 12.9. The summed E-state index contributed by atoms with van der Waals surface area (Å²) in [5.74, 6) is 0.807. The molecule has 2 fully saturated rings. The summed E-state index contributed by atoms with van der Waals surface area (Å²) in [6.07, 6.45) is 6.13. The van der Waals surface area contributed by atoms with Crippen molar-refractivity contribution in [3.63, 3.8) is 0 Å². The van der Waals surface area contributed by atoms with Gasteiger partial charge in [0.1, 0.15) is 5.75 Å². The van der Waals surface area contributed by atoms with Crippen molar-refractivity contribution in [2.75, 3.05) is 46.0 Å². The van der Waals surface area contributed by atoms with E-state index < -0.39 is 0 Å². The molecule has 0 unspecified atom stereocenters. The minimum atomic E-state index is -0.0662. The van der Waals surface area contributed by atoms with Gasteiger partial charge in [0.05, 0.1) is 26.4 Å². The van der Waals surface area contributed by atoms with Crippen LogP contribution >= 0.6 is 12.2 Å². The molecule has 33 heavy (non-hydrogen) atoms. The van der Waals surface area contributed by atoms with Crippen LogP contribution in [0.15, 0.2) is 29.1 Å². The number of ether oxygens (including phenoxy) is 2. The molecule has 2 N–H and O–H groups in total. The Labute approximate surface area is 201 Å². The van der Waals surface area contributed by atoms with Crippen LogP contribution in [0.5, 0.6) is 5.75 Å². The van der Waals surface area contributed by atoms with Gasteiger partial charge < -0.3 is 24.7 Å². The fourth-order valence-corrected chi connectivity index (χ4v) is 4.98. The van der Waals surface area contributed by atoms with Crippen LogP contribution in [0.25, 0.3) is 10.9 Å². The van der Waals surface area contributed by atoms with E-state index in [1.54, 1.807) is 0 Å². The molecular weight excluding hydrogens is 436 g/mol. The standard InChI is InChI=1S/C25H36N4O3S/c1-2-32-22-8-9-23-19(17-22)16-20(24(30)27-23)18-29(11-10-28-12-14-31-15-13-28)25(33)26-21-6-4-3-5-7-21/h8-9,16-17,21H,2-7,10-15,18H2,1H3,(H,26,33)(H,27,30). The summed E-state index contributed by atoms with van der Waals surface area (Å²) < 4.78 is 11.1. The molecule has 0 atom stereocenters. The Bertz CT molecular complexity index is 983. The Morgan fingerprint density at radius 2 is 2.03 bits per heavy atom. The second kappa shape index (κ2) is 11.8. The third-order valence-corrected chi connectivity index (χ3v) is 6.95. The quantitative estimate of drug-likeness (QED) is 0.572. The highest BCUT2D eigenvalue weighted by molar-refractivity contribution is 7.80. The minimum absolute atomic E-state index is 0.0662. The zero-order valence-corrected chi connectivity index (χ0v) is 20.4. The Morgan fingerprint density at radius 3 is 2.79 bits per heavy atom. The average molecular weight is 473 g/mol. The van der Waals surface area contributed by atoms with Crippen molar-refractivity contribution in [2.24, 2.45) is 0 Å². The predicted molar refractivity (Wildman–Crippen MR) is 136 cm³/mol. The number of fused-ring (bicyclic) bond motifs is 1. The molecule has 0 bridgehead atoms. The van der Waals surface area contributed by atoms with Crippen molar-refractivity contribution in [2.45, 2.75) is 51.6 Å². The van der Waals surface area contributed by atoms with Crippen LogP contribution in [0.1, 0.15) is 44.6 Å². The number of hydrogen-bond donors (Lipinski definition) is 2. The highest BCUT2D eigenvalue weighted by atomic mass is 32.1. The lowest BCUT2D eigenvalue weighted by Crippen LogP contribution is -2.48. The first-order valence-electron chi connectivity index (χ1n) is 12.3. The van der Waals surface area contributed by atoms with Crippen LogP contribution in [0.2, 0.25) is 0 Å². The summed E-state index contributed by atoms with van der Waals surface area (Å²) in [5, 5.41) is 5.31. The molecule has 1 saturated heterocycles. The van der Waals surface area contributed by atoms with Gasteiger partial charge in [-0.05, 0) is 56.2 Å². The molecule has 0 amide bonds. The molecule has 0 spiro atoms. The first-order valence-corrected chi connectivity index (χ1v) is 12.7. The van der Waals surface area contributed by atoms with E-state index >= 15 is 0 Å². The summed E-state index contributed by atoms with van der Waals surface area (Å²) in [6, 6.07) is 8.17. The number of pyridine rings is 1. The zero-order chi connectivity index (χ0) is 23.0. The Balaban J connectivity index is 1.51. The highest BCUT2D eigenvalue weighted by Gasteiger charge is 2.20. The summed E-state index contributed by atoms with van der Waals surface area (Å²) in [7, 11) is 0. The van der Waals surface area contributed by atoms with Crippen LogP contribution in [0, 0.1) is 0 Å². The second-order valence-corrected chi connectivity index (χ2v) is 9.35. The van der Waals surface area contributed by atoms with Crippen LogP contribution in [0.3, 0.4) is 0 Å². The number of thiocarbonyl (C=S) groups is 1. The number of hydrogen-bond acceptors (Lipinski definition) is 5. The third kappa shape index (κ3) is 6.68. The number of aromatic amines is 1. The van der Waals surface area contributed by atoms with E-state index in [1.807, 2.05) is 31.2 Å². The number of aromatic nitrogens is 1. The Morgan fingerprint density at radius 1 is 1.24 bits per heavy atom. The number of benzene rings is 1. The fourth-order valence-electron chi connectivity index (χ4n) is 4.66. The van der Waals surface area contributed by atoms with Gasteiger partial charge >= 0.3 is 0 Å². The first-order chi connectivity index (χ1) is 16.1. The van der Waals surface area contributed by atoms with Gasteiger partial charge in [-0.15, -0.1) is 0 Å². The van der Waals surface area contributed by atoms with E-state index in [2.05, 4.69) is 20.1 Å². The molecule has 1 saturated carbocycles. The van der Waals surface area contributed by atoms with Gasteiger partial charge in [0, 0.05) is 48.7 Å². The topological polar surface area (TPSA) is 69.8 Å². The van der Waals surface area contributed by atoms with Crippen molar-refractivity contribution in [3.05, 3.63) is 40.2 Å². The molecule has 2 heterocycles. The number of morpholine rings is 1. The molecule has 2 aromatic rings. The van der Waals surface area contributed by atoms with Gasteiger partial charge in [0.2, 0.25) is 0 Å². The number of H-pyrrole nitrogens is 1. The molecule has 1 aliphatic carbocycles. The zero-order valence-electron chi connectivity index (χ0n) is 19.6. The van der Waals surface area contributed by atoms with E-state index in [4.69, 9.17) is 21.7 Å². The van der Waals surface area contributed by atoms with Crippen molar-refractivity contribution in [1.82, 2.24) is 20.1 Å². The Kier molecular flexibility index (Phi) is 8.58. The second-order valence-electron chi connectivity index (χ2n) is 8.97. The monoisotopic (exact) mass is 472 g/mol. The smallest absolute Gasteiger partial charge is 0.253 e. The van der Waals surface area contributed by atoms with Crippen molar-refractivity contribution < 1.29 is 9.47 Å². The summed E-state index contributed by atoms with van der Waals surface area (Å²) in [6.45, 7) is 8.15. The lowest BCUT2D eigenvalue weighted by atomic mass is 9.96. The van der Waals surface area contributed by atoms with E-state index in [-0.39, 0.29) is 5.56 Å². The Hall–Kier alpha value is -2.16. The van der Waals surface area contributed by atoms with Crippen LogP contribution in [-0.4, -0.2) is 71.9 Å². The first kappa shape index (κ1) is 24.0. The SMILES string of the molecule is CCOc1ccc2[nH]c(=O)c(CN(CCN3CCOCC3)C(=S)NC3CCCCC3)cc2c1. The lowest BCUT2D eigenvalue weighted by molar-refractivity contribution is 0.0356. The van der Waals surface area contributed by atoms with E-state index in [0.29, 0.717) is 24.8 Å². The van der Waals surface area contributed by atoms with Gasteiger partial charge in [0.25, 0.3) is 5.56 Å². The number of nitrogens with zero attached hydrogens (tertiary/aromatic N) is 2. The molecule has 1 aromatic heterocycles. The summed E-state index contributed by atoms with van der Waals surface area (Å²) >= 11 is 5.86. The third-order valence-electron chi connectivity index (χ3n) is 6.57. The largest absolute Gasteiger partial charge is 0.494 e. The van der Waals surface area contributed by atoms with E-state index in [9.17, 15) is 4.79 Å². The van der Waals surface area contributed by atoms with Crippen molar-refractivity contribution in [3.8, 4) is 5.75 Å². The van der Waals surface area contributed by atoms with Gasteiger partial charge in [-0.2, -0.15) is 0 Å². The lowest BCUT2D eigenvalue weighted by Gasteiger charge is -2.33. The molecule has 1 aromatic carbocycles. The summed E-state index contributed by atoms with van der Waals surface area (Å²) in [5.41, 5.74) is 1.46. The van der Waals surface area contributed by atoms with E-state index in [0.717, 1.165) is 74.0 Å². The van der Waals surface area contributed by atoms with E-state index in [1.165, 1.54) is 19.3 Å². The van der Waals surface area contributed by atoms with Crippen LogP contribution in [-0.2, 0) is 11.3 Å². The average Bonchev–Trinajstić information content (AvgIpc) is 2.83. The van der Waals surface area contributed by atoms with Crippen molar-refractivity contribution in [1.29, 1.82) is 0 Å². The van der Waals surface area contributed by atoms with Gasteiger partial charge in [0.15, 0.2) is 5.11 Å². The van der Waals surface area contributed by atoms with Crippen molar-refractivity contribution >= 4 is 28.2 Å². The van der Waals surface area contributed by atoms with Crippen LogP contribution < -0.4 is 15.6 Å². The summed E-state index contributed by atoms with van der Waals surface area (Å²) in [4.78, 5) is 20.5. The molecule has 2 aliphatic rings. The molecule has 0 radical (unpaired) electrons. The minimum Gasteiger partial charge on any atom is -0.494 e. The molecule has 180 valence electrons. The fraction of sp³-hybridized carbons (Fsp3) is 0.600. The maximum atomic E-state index is 12.9. The van der Waals surface area contributed by atoms with Gasteiger partial charge in [-0.3, -0.25) is 9.69 Å². The molecule has 4 rings (SSSR count). The highest BCUT2D eigenvalue weighted by Crippen LogP contribution is 2.20. The van der Waals surface area contributed by atoms with Gasteiger partial charge in [-0.25, -0.2) is 0 Å². The maximum Gasteiger partial charge on any atom is 0.253 e. The molecule has 7 nitrogen and oxygen atoms in total. The molecular formula is C25H36N4O3S. The number of nitrogens with one attached hydrogen (secondary N) is 2. The van der Waals surface area contributed by atoms with Crippen LogP contribution in [0.4, 0.5) is 0 Å². The van der Waals surface area contributed by atoms with Gasteiger partial charge in [-0.1, -0.05) is 19.3 Å². The normalized spacial score (nSPS) is 17.7. The predicted octanol–water partition coefficient (Wildman–Crippen LogP) is 3.27.